The van der Waals surface area contributed by atoms with Crippen LogP contribution in [0.5, 0.6) is 5.75 Å². The maximum atomic E-state index is 8.10. The molecule has 0 saturated carbocycles. The first-order chi connectivity index (χ1) is 9.53. The third-order valence-corrected chi connectivity index (χ3v) is 3.58. The predicted molar refractivity (Wildman–Crippen MR) is 73.1 cm³/mol. The average Bonchev–Trinajstić information content (AvgIpc) is 2.59. The lowest BCUT2D eigenvalue weighted by Gasteiger charge is -2.32. The lowest BCUT2D eigenvalue weighted by molar-refractivity contribution is 0.00578. The molecule has 1 heterocycles. The van der Waals surface area contributed by atoms with Crippen LogP contribution in [-0.2, 0) is 9.31 Å². The molecule has 0 unspecified atom stereocenters. The van der Waals surface area contributed by atoms with E-state index < -0.39 is 18.3 Å². The fourth-order valence-electron chi connectivity index (χ4n) is 1.77. The van der Waals surface area contributed by atoms with Gasteiger partial charge in [-0.15, -0.1) is 0 Å². The topological polar surface area (TPSA) is 53.7 Å². The van der Waals surface area contributed by atoms with Gasteiger partial charge in [-0.05, 0) is 33.7 Å². The third kappa shape index (κ3) is 1.97. The van der Waals surface area contributed by atoms with Crippen LogP contribution in [0, 0.1) is 0 Å². The second kappa shape index (κ2) is 4.18. The van der Waals surface area contributed by atoms with E-state index in [2.05, 4.69) is 0 Å². The van der Waals surface area contributed by atoms with Crippen molar-refractivity contribution in [3.05, 3.63) is 18.1 Å². The summed E-state index contributed by atoms with van der Waals surface area (Å²) in [5.41, 5.74) is 4.96. The Morgan fingerprint density at radius 3 is 2.28 bits per heavy atom. The van der Waals surface area contributed by atoms with Gasteiger partial charge < -0.3 is 19.8 Å². The zero-order valence-electron chi connectivity index (χ0n) is 14.4. The van der Waals surface area contributed by atoms with Crippen molar-refractivity contribution >= 4 is 18.3 Å². The Morgan fingerprint density at radius 1 is 1.22 bits per heavy atom. The summed E-state index contributed by atoms with van der Waals surface area (Å²) in [6.07, 6.45) is 0. The Morgan fingerprint density at radius 2 is 1.78 bits per heavy atom. The minimum absolute atomic E-state index is 0.0169. The normalized spacial score (nSPS) is 23.4. The smallest absolute Gasteiger partial charge is 0.495 e. The van der Waals surface area contributed by atoms with Gasteiger partial charge in [0.05, 0.1) is 28.1 Å². The van der Waals surface area contributed by atoms with Crippen molar-refractivity contribution in [2.75, 3.05) is 12.8 Å². The van der Waals surface area contributed by atoms with Crippen LogP contribution in [0.2, 0.25) is 0 Å². The maximum absolute atomic E-state index is 8.10. The number of anilines is 1. The number of hydrogen-bond acceptors (Lipinski definition) is 4. The Hall–Kier alpha value is -1.20. The first-order valence-corrected chi connectivity index (χ1v) is 5.82. The Bertz CT molecular complexity index is 577. The highest BCUT2D eigenvalue weighted by molar-refractivity contribution is 6.63. The zero-order chi connectivity index (χ0) is 16.2. The average molecular weight is 252 g/mol. The number of nitrogens with two attached hydrogens (primary N) is 1. The van der Waals surface area contributed by atoms with Gasteiger partial charge >= 0.3 is 7.12 Å². The molecule has 1 saturated heterocycles. The molecule has 2 N–H and O–H groups in total. The highest BCUT2D eigenvalue weighted by atomic mass is 16.7. The Balaban J connectivity index is 2.61. The van der Waals surface area contributed by atoms with Gasteiger partial charge in [0.1, 0.15) is 5.75 Å². The molecule has 0 atom stereocenters. The Labute approximate surface area is 113 Å². The summed E-state index contributed by atoms with van der Waals surface area (Å²) in [7, 11) is 0.549. The molecule has 0 spiro atoms. The molecule has 0 radical (unpaired) electrons. The molecule has 0 amide bonds. The molecular formula is C13H20BNO3. The van der Waals surface area contributed by atoms with Gasteiger partial charge in [0.2, 0.25) is 0 Å². The Kier molecular flexibility index (Phi) is 2.25. The molecule has 1 aromatic rings. The molecule has 98 valence electrons. The standard InChI is InChI=1S/C13H20BNO3/c1-12(2)13(3,4)18-14(17-12)9-7-6-8-10(15)11(9)16-5/h6-8H,15H2,1-5H3/i6D,7D,8D. The first-order valence-electron chi connectivity index (χ1n) is 7.32. The van der Waals surface area contributed by atoms with Crippen molar-refractivity contribution in [2.24, 2.45) is 0 Å². The van der Waals surface area contributed by atoms with E-state index >= 15 is 0 Å². The van der Waals surface area contributed by atoms with E-state index in [4.69, 9.17) is 23.9 Å². The van der Waals surface area contributed by atoms with E-state index in [1.165, 1.54) is 7.11 Å². The van der Waals surface area contributed by atoms with E-state index in [9.17, 15) is 0 Å². The first kappa shape index (κ1) is 9.70. The molecule has 1 aliphatic rings. The van der Waals surface area contributed by atoms with E-state index in [0.29, 0.717) is 0 Å². The number of benzene rings is 1. The van der Waals surface area contributed by atoms with Crippen LogP contribution in [0.15, 0.2) is 18.1 Å². The summed E-state index contributed by atoms with van der Waals surface area (Å²) in [5.74, 6) is 0.166. The lowest BCUT2D eigenvalue weighted by atomic mass is 9.78. The summed E-state index contributed by atoms with van der Waals surface area (Å²) in [6, 6.07) is -0.653. The van der Waals surface area contributed by atoms with Gasteiger partial charge in [0.15, 0.2) is 0 Å². The van der Waals surface area contributed by atoms with Gasteiger partial charge in [0.25, 0.3) is 0 Å². The molecule has 1 aromatic carbocycles. The van der Waals surface area contributed by atoms with Gasteiger partial charge in [-0.3, -0.25) is 0 Å². The van der Waals surface area contributed by atoms with Crippen LogP contribution in [0.4, 0.5) is 5.69 Å². The number of ether oxygens (including phenoxy) is 1. The van der Waals surface area contributed by atoms with Crippen LogP contribution < -0.4 is 15.9 Å². The number of nitrogen functional groups attached to an aromatic ring is 1. The van der Waals surface area contributed by atoms with Crippen LogP contribution >= 0.6 is 0 Å². The van der Waals surface area contributed by atoms with Crippen LogP contribution in [0.25, 0.3) is 0 Å². The molecule has 18 heavy (non-hydrogen) atoms. The summed E-state index contributed by atoms with van der Waals surface area (Å²) in [5, 5.41) is 0. The van der Waals surface area contributed by atoms with E-state index in [1.54, 1.807) is 0 Å². The summed E-state index contributed by atoms with van der Waals surface area (Å²) >= 11 is 0. The van der Waals surface area contributed by atoms with E-state index in [0.717, 1.165) is 0 Å². The summed E-state index contributed by atoms with van der Waals surface area (Å²) < 4.78 is 40.7. The van der Waals surface area contributed by atoms with Crippen molar-refractivity contribution in [3.63, 3.8) is 0 Å². The fourth-order valence-corrected chi connectivity index (χ4v) is 1.77. The monoisotopic (exact) mass is 252 g/mol. The maximum Gasteiger partial charge on any atom is 0.498 e. The number of hydrogen-bond donors (Lipinski definition) is 1. The zero-order valence-corrected chi connectivity index (χ0v) is 11.4. The lowest BCUT2D eigenvalue weighted by Crippen LogP contribution is -2.41. The molecule has 0 bridgehead atoms. The van der Waals surface area contributed by atoms with Crippen molar-refractivity contribution in [2.45, 2.75) is 38.9 Å². The minimum Gasteiger partial charge on any atom is -0.495 e. The molecule has 1 aliphatic heterocycles. The third-order valence-electron chi connectivity index (χ3n) is 3.58. The van der Waals surface area contributed by atoms with Gasteiger partial charge in [-0.2, -0.15) is 0 Å². The second-order valence-electron chi connectivity index (χ2n) is 5.32. The van der Waals surface area contributed by atoms with E-state index in [-0.39, 0.29) is 35.0 Å². The quantitative estimate of drug-likeness (QED) is 0.641. The van der Waals surface area contributed by atoms with Crippen molar-refractivity contribution < 1.29 is 18.2 Å². The number of para-hydroxylation sites is 1. The number of rotatable bonds is 2. The number of methoxy groups -OCH3 is 1. The largest absolute Gasteiger partial charge is 0.498 e. The molecule has 0 aromatic heterocycles. The summed E-state index contributed by atoms with van der Waals surface area (Å²) in [6.45, 7) is 7.58. The van der Waals surface area contributed by atoms with Gasteiger partial charge in [0, 0.05) is 5.46 Å². The molecule has 4 nitrogen and oxygen atoms in total. The van der Waals surface area contributed by atoms with Crippen molar-refractivity contribution in [1.82, 2.24) is 0 Å². The minimum atomic E-state index is -0.857. The fraction of sp³-hybridized carbons (Fsp3) is 0.538. The molecule has 2 rings (SSSR count). The van der Waals surface area contributed by atoms with Crippen LogP contribution in [-0.4, -0.2) is 25.4 Å². The van der Waals surface area contributed by atoms with Crippen molar-refractivity contribution in [1.29, 1.82) is 0 Å². The SMILES string of the molecule is [2H]c1c([2H])c(N)c(OC)c(B2OC(C)(C)C(C)(C)O2)c1[2H]. The highest BCUT2D eigenvalue weighted by Crippen LogP contribution is 2.37. The second-order valence-corrected chi connectivity index (χ2v) is 5.32. The van der Waals surface area contributed by atoms with Crippen LogP contribution in [0.1, 0.15) is 31.8 Å². The van der Waals surface area contributed by atoms with Crippen molar-refractivity contribution in [3.8, 4) is 5.75 Å². The molecule has 0 aliphatic carbocycles. The molecular weight excluding hydrogens is 229 g/mol. The predicted octanol–water partition coefficient (Wildman–Crippen LogP) is 1.58. The summed E-state index contributed by atoms with van der Waals surface area (Å²) in [4.78, 5) is 0. The van der Waals surface area contributed by atoms with Gasteiger partial charge in [-0.1, -0.05) is 12.1 Å². The molecule has 1 fully saturated rings. The van der Waals surface area contributed by atoms with E-state index in [1.807, 2.05) is 27.7 Å². The van der Waals surface area contributed by atoms with Gasteiger partial charge in [-0.25, -0.2) is 0 Å². The highest BCUT2D eigenvalue weighted by Gasteiger charge is 2.52. The van der Waals surface area contributed by atoms with Crippen LogP contribution in [0.3, 0.4) is 0 Å². The molecule has 5 heteroatoms.